The molecule has 1 amide bonds. The standard InChI is InChI=1S/C12H15N5O.C11H10N4/c1-8-2-3-9(6-11(8)14-7-18)12(13)16-17-15-10-4-5-10;1-8-5-14-15-3-2-9(4-11(8)15)10-6-12-13-7-10/h2-3,6-7,10H,4-5H2,1H3,(H,14,18)(H2,13,15,16);2-7H,1H3,(H,12,13). The molecule has 5 rings (SSSR count). The molecule has 1 aliphatic carbocycles. The third kappa shape index (κ3) is 5.48. The molecule has 1 saturated carbocycles. The fourth-order valence-electron chi connectivity index (χ4n) is 3.09. The van der Waals surface area contributed by atoms with E-state index in [1.165, 1.54) is 5.56 Å². The van der Waals surface area contributed by atoms with E-state index in [4.69, 9.17) is 5.73 Å². The molecule has 4 N–H and O–H groups in total. The summed E-state index contributed by atoms with van der Waals surface area (Å²) in [4.78, 5) is 10.5. The van der Waals surface area contributed by atoms with E-state index >= 15 is 0 Å². The fourth-order valence-corrected chi connectivity index (χ4v) is 3.09. The number of carbonyl (C=O) groups is 1. The van der Waals surface area contributed by atoms with E-state index in [-0.39, 0.29) is 5.84 Å². The molecule has 0 unspecified atom stereocenters. The first kappa shape index (κ1) is 21.9. The molecule has 3 heterocycles. The van der Waals surface area contributed by atoms with Gasteiger partial charge in [0.1, 0.15) is 0 Å². The van der Waals surface area contributed by atoms with Crippen LogP contribution in [0.5, 0.6) is 0 Å². The molecule has 0 atom stereocenters. The van der Waals surface area contributed by atoms with Gasteiger partial charge in [-0.05, 0) is 66.8 Å². The average Bonchev–Trinajstić information content (AvgIpc) is 3.33. The van der Waals surface area contributed by atoms with Crippen LogP contribution >= 0.6 is 0 Å². The highest BCUT2D eigenvalue weighted by Crippen LogP contribution is 2.24. The molecule has 0 aliphatic heterocycles. The van der Waals surface area contributed by atoms with E-state index in [0.717, 1.165) is 35.0 Å². The first-order valence-corrected chi connectivity index (χ1v) is 10.5. The second-order valence-corrected chi connectivity index (χ2v) is 7.77. The van der Waals surface area contributed by atoms with Gasteiger partial charge >= 0.3 is 0 Å². The van der Waals surface area contributed by atoms with Crippen molar-refractivity contribution in [1.29, 1.82) is 0 Å². The lowest BCUT2D eigenvalue weighted by molar-refractivity contribution is -0.105. The molecule has 0 bridgehead atoms. The summed E-state index contributed by atoms with van der Waals surface area (Å²) in [5.41, 5.74) is 12.7. The Morgan fingerprint density at radius 1 is 1.18 bits per heavy atom. The molecule has 3 aromatic heterocycles. The lowest BCUT2D eigenvalue weighted by atomic mass is 10.1. The van der Waals surface area contributed by atoms with Gasteiger partial charge in [0.25, 0.3) is 0 Å². The van der Waals surface area contributed by atoms with Crippen molar-refractivity contribution in [2.24, 2.45) is 21.2 Å². The summed E-state index contributed by atoms with van der Waals surface area (Å²) >= 11 is 0. The van der Waals surface area contributed by atoms with Crippen LogP contribution in [0.2, 0.25) is 0 Å². The smallest absolute Gasteiger partial charge is 0.211 e. The van der Waals surface area contributed by atoms with E-state index in [0.29, 0.717) is 23.7 Å². The highest BCUT2D eigenvalue weighted by atomic mass is 16.1. The predicted molar refractivity (Wildman–Crippen MR) is 127 cm³/mol. The van der Waals surface area contributed by atoms with Crippen molar-refractivity contribution < 1.29 is 4.79 Å². The maximum Gasteiger partial charge on any atom is 0.211 e. The minimum absolute atomic E-state index is 0.286. The van der Waals surface area contributed by atoms with Gasteiger partial charge in [0.15, 0.2) is 5.84 Å². The number of rotatable bonds is 6. The third-order valence-electron chi connectivity index (χ3n) is 5.21. The van der Waals surface area contributed by atoms with Gasteiger partial charge in [-0.2, -0.15) is 15.3 Å². The molecular weight excluding hydrogens is 418 g/mol. The Balaban J connectivity index is 0.000000159. The Kier molecular flexibility index (Phi) is 6.53. The zero-order valence-corrected chi connectivity index (χ0v) is 18.4. The van der Waals surface area contributed by atoms with Gasteiger partial charge < -0.3 is 11.1 Å². The van der Waals surface area contributed by atoms with Gasteiger partial charge in [0, 0.05) is 29.2 Å². The SMILES string of the molecule is Cc1ccc(/C(N)=N/N=NC2CC2)cc1NC=O.Cc1cnn2ccc(-c3cn[nH]c3)cc12. The van der Waals surface area contributed by atoms with Gasteiger partial charge in [-0.1, -0.05) is 12.1 Å². The molecule has 0 spiro atoms. The number of amides is 1. The topological polar surface area (TPSA) is 138 Å². The number of nitrogens with two attached hydrogens (primary N) is 1. The number of hydrogen-bond donors (Lipinski definition) is 3. The van der Waals surface area contributed by atoms with Crippen LogP contribution in [0.25, 0.3) is 16.6 Å². The van der Waals surface area contributed by atoms with Crippen LogP contribution in [0, 0.1) is 13.8 Å². The van der Waals surface area contributed by atoms with Crippen molar-refractivity contribution in [2.75, 3.05) is 5.32 Å². The lowest BCUT2D eigenvalue weighted by Crippen LogP contribution is -2.13. The summed E-state index contributed by atoms with van der Waals surface area (Å²) in [6, 6.07) is 9.93. The van der Waals surface area contributed by atoms with Crippen molar-refractivity contribution in [3.8, 4) is 11.1 Å². The number of pyridine rings is 1. The van der Waals surface area contributed by atoms with E-state index in [1.54, 1.807) is 6.07 Å². The molecule has 0 saturated heterocycles. The summed E-state index contributed by atoms with van der Waals surface area (Å²) in [5.74, 6) is 0.286. The lowest BCUT2D eigenvalue weighted by Gasteiger charge is -2.06. The van der Waals surface area contributed by atoms with Crippen LogP contribution in [0.3, 0.4) is 0 Å². The van der Waals surface area contributed by atoms with Crippen LogP contribution in [0.1, 0.15) is 29.5 Å². The Bertz CT molecular complexity index is 1300. The van der Waals surface area contributed by atoms with Crippen molar-refractivity contribution >= 4 is 23.4 Å². The highest BCUT2D eigenvalue weighted by molar-refractivity contribution is 5.98. The van der Waals surface area contributed by atoms with E-state index < -0.39 is 0 Å². The summed E-state index contributed by atoms with van der Waals surface area (Å²) < 4.78 is 1.87. The molecule has 0 radical (unpaired) electrons. The number of benzene rings is 1. The molecule has 33 heavy (non-hydrogen) atoms. The van der Waals surface area contributed by atoms with Gasteiger partial charge in [-0.3, -0.25) is 9.89 Å². The number of carbonyl (C=O) groups excluding carboxylic acids is 1. The van der Waals surface area contributed by atoms with E-state index in [2.05, 4.69) is 49.0 Å². The number of aromatic nitrogens is 4. The molecule has 10 nitrogen and oxygen atoms in total. The molecule has 4 aromatic rings. The zero-order valence-electron chi connectivity index (χ0n) is 18.4. The summed E-state index contributed by atoms with van der Waals surface area (Å²) in [7, 11) is 0. The number of aromatic amines is 1. The predicted octanol–water partition coefficient (Wildman–Crippen LogP) is 3.83. The van der Waals surface area contributed by atoms with Crippen molar-refractivity contribution in [3.05, 3.63) is 71.8 Å². The molecule has 1 fully saturated rings. The monoisotopic (exact) mass is 443 g/mol. The summed E-state index contributed by atoms with van der Waals surface area (Å²) in [5, 5.41) is 25.1. The van der Waals surface area contributed by atoms with Crippen LogP contribution in [-0.2, 0) is 4.79 Å². The number of anilines is 1. The largest absolute Gasteiger partial charge is 0.382 e. The van der Waals surface area contributed by atoms with Crippen LogP contribution in [0.15, 0.2) is 70.6 Å². The summed E-state index contributed by atoms with van der Waals surface area (Å²) in [6.45, 7) is 3.96. The average molecular weight is 444 g/mol. The highest BCUT2D eigenvalue weighted by Gasteiger charge is 2.20. The molecule has 1 aliphatic rings. The first-order chi connectivity index (χ1) is 16.0. The first-order valence-electron chi connectivity index (χ1n) is 10.5. The van der Waals surface area contributed by atoms with Crippen LogP contribution < -0.4 is 11.1 Å². The number of aryl methyl sites for hydroxylation is 2. The van der Waals surface area contributed by atoms with Crippen molar-refractivity contribution in [2.45, 2.75) is 32.7 Å². The van der Waals surface area contributed by atoms with Gasteiger partial charge in [-0.15, -0.1) is 5.10 Å². The number of H-pyrrole nitrogens is 1. The van der Waals surface area contributed by atoms with Gasteiger partial charge in [-0.25, -0.2) is 4.52 Å². The van der Waals surface area contributed by atoms with Crippen LogP contribution in [-0.4, -0.2) is 38.1 Å². The maximum absolute atomic E-state index is 10.5. The second kappa shape index (κ2) is 9.86. The molecule has 10 heteroatoms. The van der Waals surface area contributed by atoms with Crippen molar-refractivity contribution in [3.63, 3.8) is 0 Å². The second-order valence-electron chi connectivity index (χ2n) is 7.77. The number of fused-ring (bicyclic) bond motifs is 1. The normalized spacial score (nSPS) is 13.7. The van der Waals surface area contributed by atoms with Crippen molar-refractivity contribution in [1.82, 2.24) is 19.8 Å². The third-order valence-corrected chi connectivity index (χ3v) is 5.21. The quantitative estimate of drug-likeness (QED) is 0.137. The molecule has 1 aromatic carbocycles. The molecule has 168 valence electrons. The van der Waals surface area contributed by atoms with Crippen LogP contribution in [0.4, 0.5) is 5.69 Å². The Morgan fingerprint density at radius 3 is 2.76 bits per heavy atom. The Morgan fingerprint density at radius 2 is 2.03 bits per heavy atom. The maximum atomic E-state index is 10.5. The number of hydrogen-bond acceptors (Lipinski definition) is 5. The van der Waals surface area contributed by atoms with E-state index in [9.17, 15) is 4.79 Å². The number of nitrogens with one attached hydrogen (secondary N) is 2. The zero-order chi connectivity index (χ0) is 23.2. The minimum atomic E-state index is 0.286. The summed E-state index contributed by atoms with van der Waals surface area (Å²) in [6.07, 6.45) is 10.3. The molecular formula is C23H25N9O. The Labute approximate surface area is 190 Å². The number of nitrogens with zero attached hydrogens (tertiary/aromatic N) is 6. The van der Waals surface area contributed by atoms with Gasteiger partial charge in [0.05, 0.1) is 24.0 Å². The minimum Gasteiger partial charge on any atom is -0.382 e. The fraction of sp³-hybridized carbons (Fsp3) is 0.217. The Hall–Kier alpha value is -4.34. The number of amidine groups is 1. The van der Waals surface area contributed by atoms with E-state index in [1.807, 2.05) is 54.4 Å². The van der Waals surface area contributed by atoms with Gasteiger partial charge in [0.2, 0.25) is 6.41 Å².